The number of nitrogens with zero attached hydrogens (tertiary/aromatic N) is 5. The lowest BCUT2D eigenvalue weighted by Crippen LogP contribution is -2.47. The molecule has 2 heterocycles. The van der Waals surface area contributed by atoms with Crippen LogP contribution in [0.1, 0.15) is 5.56 Å². The van der Waals surface area contributed by atoms with Crippen LogP contribution in [-0.4, -0.2) is 41.1 Å². The fraction of sp³-hybridized carbons (Fsp3) is 0.238. The van der Waals surface area contributed by atoms with E-state index >= 15 is 0 Å². The lowest BCUT2D eigenvalue weighted by molar-refractivity contribution is -0.383. The molecule has 0 amide bonds. The minimum atomic E-state index is -0.429. The zero-order valence-corrected chi connectivity index (χ0v) is 17.2. The molecule has 3 aromatic rings. The average Bonchev–Trinajstić information content (AvgIpc) is 2.77. The van der Waals surface area contributed by atoms with Crippen molar-refractivity contribution in [2.45, 2.75) is 6.92 Å². The number of anilines is 4. The van der Waals surface area contributed by atoms with E-state index in [9.17, 15) is 10.1 Å². The monoisotopic (exact) mass is 424 g/mol. The number of aryl methyl sites for hydroxylation is 1. The molecule has 0 saturated carbocycles. The molecule has 1 aromatic heterocycles. The van der Waals surface area contributed by atoms with Gasteiger partial charge >= 0.3 is 5.69 Å². The number of para-hydroxylation sites is 1. The van der Waals surface area contributed by atoms with Crippen LogP contribution in [0, 0.1) is 17.0 Å². The molecule has 1 aliphatic rings. The fourth-order valence-corrected chi connectivity index (χ4v) is 3.70. The highest BCUT2D eigenvalue weighted by Crippen LogP contribution is 2.35. The Morgan fingerprint density at radius 1 is 1.03 bits per heavy atom. The SMILES string of the molecule is Cc1ccc(Cl)cc1Nc1ncnc(N2CCN(c3ccccc3)CC2)c1[N+](=O)[O-]. The van der Waals surface area contributed by atoms with Crippen LogP contribution in [0.5, 0.6) is 0 Å². The molecule has 30 heavy (non-hydrogen) atoms. The van der Waals surface area contributed by atoms with Gasteiger partial charge < -0.3 is 15.1 Å². The molecule has 1 saturated heterocycles. The maximum atomic E-state index is 11.9. The predicted octanol–water partition coefficient (Wildman–Crippen LogP) is 4.42. The van der Waals surface area contributed by atoms with Gasteiger partial charge in [0.25, 0.3) is 0 Å². The lowest BCUT2D eigenvalue weighted by atomic mass is 10.2. The van der Waals surface area contributed by atoms with Gasteiger partial charge in [-0.15, -0.1) is 0 Å². The molecule has 0 spiro atoms. The van der Waals surface area contributed by atoms with Crippen molar-refractivity contribution in [1.82, 2.24) is 9.97 Å². The minimum Gasteiger partial charge on any atom is -0.368 e. The van der Waals surface area contributed by atoms with Crippen molar-refractivity contribution < 1.29 is 4.92 Å². The summed E-state index contributed by atoms with van der Waals surface area (Å²) >= 11 is 6.08. The molecule has 154 valence electrons. The standard InChI is InChI=1S/C21H21ClN6O2/c1-15-7-8-16(22)13-18(15)25-20-19(28(29)30)21(24-14-23-20)27-11-9-26(10-12-27)17-5-3-2-4-6-17/h2-8,13-14H,9-12H2,1H3,(H,23,24,25). The Morgan fingerprint density at radius 2 is 1.73 bits per heavy atom. The molecular weight excluding hydrogens is 404 g/mol. The summed E-state index contributed by atoms with van der Waals surface area (Å²) in [6.07, 6.45) is 1.36. The van der Waals surface area contributed by atoms with E-state index < -0.39 is 4.92 Å². The van der Waals surface area contributed by atoms with Gasteiger partial charge in [-0.2, -0.15) is 0 Å². The molecule has 0 aliphatic carbocycles. The normalized spacial score (nSPS) is 13.9. The molecule has 0 unspecified atom stereocenters. The van der Waals surface area contributed by atoms with E-state index in [0.717, 1.165) is 24.3 Å². The molecule has 0 radical (unpaired) electrons. The molecule has 2 aromatic carbocycles. The Labute approximate surface area is 179 Å². The van der Waals surface area contributed by atoms with Crippen molar-refractivity contribution in [3.05, 3.63) is 75.6 Å². The molecular formula is C21H21ClN6O2. The first kappa shape index (κ1) is 19.9. The highest BCUT2D eigenvalue weighted by atomic mass is 35.5. The summed E-state index contributed by atoms with van der Waals surface area (Å²) in [4.78, 5) is 24.1. The van der Waals surface area contributed by atoms with Crippen molar-refractivity contribution in [2.24, 2.45) is 0 Å². The molecule has 0 atom stereocenters. The van der Waals surface area contributed by atoms with E-state index in [-0.39, 0.29) is 11.5 Å². The highest BCUT2D eigenvalue weighted by molar-refractivity contribution is 6.30. The first-order chi connectivity index (χ1) is 14.5. The third kappa shape index (κ3) is 4.13. The summed E-state index contributed by atoms with van der Waals surface area (Å²) in [6, 6.07) is 15.5. The summed E-state index contributed by atoms with van der Waals surface area (Å²) in [5, 5.41) is 15.5. The number of rotatable bonds is 5. The Hall–Kier alpha value is -3.39. The summed E-state index contributed by atoms with van der Waals surface area (Å²) in [6.45, 7) is 4.66. The molecule has 0 bridgehead atoms. The van der Waals surface area contributed by atoms with Gasteiger partial charge in [-0.3, -0.25) is 10.1 Å². The Morgan fingerprint density at radius 3 is 2.43 bits per heavy atom. The molecule has 4 rings (SSSR count). The van der Waals surface area contributed by atoms with Gasteiger partial charge in [0.05, 0.1) is 4.92 Å². The van der Waals surface area contributed by atoms with Crippen LogP contribution in [0.3, 0.4) is 0 Å². The van der Waals surface area contributed by atoms with E-state index in [0.29, 0.717) is 29.6 Å². The maximum Gasteiger partial charge on any atom is 0.353 e. The second kappa shape index (κ2) is 8.54. The summed E-state index contributed by atoms with van der Waals surface area (Å²) in [5.41, 5.74) is 2.59. The largest absolute Gasteiger partial charge is 0.368 e. The Bertz CT molecular complexity index is 1050. The minimum absolute atomic E-state index is 0.134. The average molecular weight is 425 g/mol. The summed E-state index contributed by atoms with van der Waals surface area (Å²) in [7, 11) is 0. The predicted molar refractivity (Wildman–Crippen MR) is 119 cm³/mol. The summed E-state index contributed by atoms with van der Waals surface area (Å²) in [5.74, 6) is 0.478. The third-order valence-electron chi connectivity index (χ3n) is 5.14. The van der Waals surface area contributed by atoms with Crippen molar-refractivity contribution in [3.8, 4) is 0 Å². The van der Waals surface area contributed by atoms with Crippen molar-refractivity contribution >= 4 is 40.3 Å². The number of nitro groups is 1. The van der Waals surface area contributed by atoms with Crippen LogP contribution in [-0.2, 0) is 0 Å². The van der Waals surface area contributed by atoms with Crippen LogP contribution >= 0.6 is 11.6 Å². The van der Waals surface area contributed by atoms with Gasteiger partial charge in [0.15, 0.2) is 0 Å². The van der Waals surface area contributed by atoms with Crippen LogP contribution < -0.4 is 15.1 Å². The number of halogens is 1. The van der Waals surface area contributed by atoms with Gasteiger partial charge in [-0.1, -0.05) is 35.9 Å². The number of benzene rings is 2. The Balaban J connectivity index is 1.59. The third-order valence-corrected chi connectivity index (χ3v) is 5.37. The van der Waals surface area contributed by atoms with E-state index in [1.165, 1.54) is 6.33 Å². The summed E-state index contributed by atoms with van der Waals surface area (Å²) < 4.78 is 0. The molecule has 1 aliphatic heterocycles. The lowest BCUT2D eigenvalue weighted by Gasteiger charge is -2.36. The molecule has 9 heteroatoms. The van der Waals surface area contributed by atoms with Crippen LogP contribution in [0.2, 0.25) is 5.02 Å². The highest BCUT2D eigenvalue weighted by Gasteiger charge is 2.29. The number of piperazine rings is 1. The molecule has 1 N–H and O–H groups in total. The topological polar surface area (TPSA) is 87.4 Å². The van der Waals surface area contributed by atoms with Gasteiger partial charge in [-0.05, 0) is 36.8 Å². The number of hydrogen-bond acceptors (Lipinski definition) is 7. The second-order valence-corrected chi connectivity index (χ2v) is 7.48. The number of aromatic nitrogens is 2. The number of nitrogens with one attached hydrogen (secondary N) is 1. The zero-order valence-electron chi connectivity index (χ0n) is 16.5. The van der Waals surface area contributed by atoms with Crippen LogP contribution in [0.25, 0.3) is 0 Å². The second-order valence-electron chi connectivity index (χ2n) is 7.05. The maximum absolute atomic E-state index is 11.9. The Kier molecular flexibility index (Phi) is 5.67. The zero-order chi connectivity index (χ0) is 21.1. The van der Waals surface area contributed by atoms with E-state index in [4.69, 9.17) is 11.6 Å². The fourth-order valence-electron chi connectivity index (χ4n) is 3.53. The smallest absolute Gasteiger partial charge is 0.353 e. The van der Waals surface area contributed by atoms with Crippen molar-refractivity contribution in [2.75, 3.05) is 41.3 Å². The van der Waals surface area contributed by atoms with Crippen molar-refractivity contribution in [1.29, 1.82) is 0 Å². The van der Waals surface area contributed by atoms with Crippen molar-refractivity contribution in [3.63, 3.8) is 0 Å². The van der Waals surface area contributed by atoms with Gasteiger partial charge in [0, 0.05) is 42.6 Å². The first-order valence-corrected chi connectivity index (χ1v) is 9.98. The van der Waals surface area contributed by atoms with Gasteiger partial charge in [0.1, 0.15) is 6.33 Å². The van der Waals surface area contributed by atoms with E-state index in [2.05, 4.69) is 32.3 Å². The quantitative estimate of drug-likeness (QED) is 0.479. The molecule has 1 fully saturated rings. The van der Waals surface area contributed by atoms with Crippen LogP contribution in [0.4, 0.5) is 28.7 Å². The van der Waals surface area contributed by atoms with E-state index in [1.807, 2.05) is 36.1 Å². The van der Waals surface area contributed by atoms with Gasteiger partial charge in [-0.25, -0.2) is 9.97 Å². The first-order valence-electron chi connectivity index (χ1n) is 9.60. The van der Waals surface area contributed by atoms with E-state index in [1.54, 1.807) is 12.1 Å². The number of hydrogen-bond donors (Lipinski definition) is 1. The van der Waals surface area contributed by atoms with Crippen LogP contribution in [0.15, 0.2) is 54.9 Å². The molecule has 8 nitrogen and oxygen atoms in total. The van der Waals surface area contributed by atoms with Gasteiger partial charge in [0.2, 0.25) is 11.6 Å².